The fourth-order valence-electron chi connectivity index (χ4n) is 2.28. The molecule has 0 spiro atoms. The van der Waals surface area contributed by atoms with Gasteiger partial charge in [-0.3, -0.25) is 4.79 Å². The number of carbonyl (C=O) groups is 1. The number of hydrogen-bond acceptors (Lipinski definition) is 4. The molecular formula is C13H20ClN3OS. The first-order valence-corrected chi connectivity index (χ1v) is 7.86. The lowest BCUT2D eigenvalue weighted by atomic mass is 9.91. The van der Waals surface area contributed by atoms with Crippen molar-refractivity contribution in [2.24, 2.45) is 0 Å². The molecule has 2 rings (SSSR count). The highest BCUT2D eigenvalue weighted by atomic mass is 35.5. The number of halogens is 1. The van der Waals surface area contributed by atoms with Crippen LogP contribution < -0.4 is 5.32 Å². The van der Waals surface area contributed by atoms with Crippen LogP contribution in [-0.2, 0) is 5.41 Å². The number of amides is 1. The Morgan fingerprint density at radius 2 is 1.95 bits per heavy atom. The molecule has 0 aliphatic heterocycles. The van der Waals surface area contributed by atoms with Gasteiger partial charge in [-0.25, -0.2) is 0 Å². The van der Waals surface area contributed by atoms with Crippen LogP contribution in [-0.4, -0.2) is 26.9 Å². The molecule has 1 amide bonds. The van der Waals surface area contributed by atoms with Crippen molar-refractivity contribution in [3.63, 3.8) is 0 Å². The second-order valence-corrected chi connectivity index (χ2v) is 7.49. The molecule has 0 saturated heterocycles. The molecule has 4 nitrogen and oxygen atoms in total. The average molecular weight is 302 g/mol. The third-order valence-electron chi connectivity index (χ3n) is 3.40. The van der Waals surface area contributed by atoms with E-state index in [-0.39, 0.29) is 22.7 Å². The highest BCUT2D eigenvalue weighted by Gasteiger charge is 2.28. The molecule has 0 bridgehead atoms. The predicted octanol–water partition coefficient (Wildman–Crippen LogP) is 3.12. The van der Waals surface area contributed by atoms with E-state index in [9.17, 15) is 4.79 Å². The van der Waals surface area contributed by atoms with Crippen LogP contribution in [0.2, 0.25) is 0 Å². The molecule has 1 fully saturated rings. The summed E-state index contributed by atoms with van der Waals surface area (Å²) in [7, 11) is 0. The van der Waals surface area contributed by atoms with Gasteiger partial charge in [0.15, 0.2) is 0 Å². The van der Waals surface area contributed by atoms with Gasteiger partial charge in [-0.05, 0) is 37.2 Å². The van der Waals surface area contributed by atoms with E-state index in [1.54, 1.807) is 0 Å². The van der Waals surface area contributed by atoms with E-state index in [1.165, 1.54) is 11.5 Å². The van der Waals surface area contributed by atoms with Gasteiger partial charge in [-0.2, -0.15) is 0 Å². The monoisotopic (exact) mass is 301 g/mol. The van der Waals surface area contributed by atoms with Crippen molar-refractivity contribution in [3.8, 4) is 0 Å². The number of hydrogen-bond donors (Lipinski definition) is 1. The molecular weight excluding hydrogens is 282 g/mol. The molecule has 1 saturated carbocycles. The first kappa shape index (κ1) is 14.7. The van der Waals surface area contributed by atoms with Gasteiger partial charge in [-0.1, -0.05) is 25.3 Å². The molecule has 0 radical (unpaired) electrons. The Morgan fingerprint density at radius 3 is 2.53 bits per heavy atom. The Hall–Kier alpha value is -0.680. The molecule has 1 aliphatic rings. The summed E-state index contributed by atoms with van der Waals surface area (Å²) in [6, 6.07) is 0.234. The fraction of sp³-hybridized carbons (Fsp3) is 0.769. The number of nitrogens with one attached hydrogen (secondary N) is 1. The number of alkyl halides is 1. The van der Waals surface area contributed by atoms with Gasteiger partial charge >= 0.3 is 0 Å². The van der Waals surface area contributed by atoms with Crippen LogP contribution in [0.1, 0.15) is 61.8 Å². The van der Waals surface area contributed by atoms with Crippen molar-refractivity contribution >= 4 is 29.0 Å². The molecule has 1 aromatic rings. The molecule has 0 aromatic carbocycles. The standard InChI is InChI=1S/C13H20ClN3OS/c1-13(2,3)11-10(19-17-16-11)12(18)15-9-6-4-8(14)5-7-9/h8-9H,4-7H2,1-3H3,(H,15,18). The van der Waals surface area contributed by atoms with Gasteiger partial charge < -0.3 is 5.32 Å². The van der Waals surface area contributed by atoms with Crippen LogP contribution in [0.5, 0.6) is 0 Å². The molecule has 1 N–H and O–H groups in total. The summed E-state index contributed by atoms with van der Waals surface area (Å²) in [6.45, 7) is 6.12. The minimum atomic E-state index is -0.159. The molecule has 0 atom stereocenters. The number of nitrogens with zero attached hydrogens (tertiary/aromatic N) is 2. The molecule has 19 heavy (non-hydrogen) atoms. The Balaban J connectivity index is 2.03. The summed E-state index contributed by atoms with van der Waals surface area (Å²) >= 11 is 7.25. The zero-order valence-corrected chi connectivity index (χ0v) is 13.1. The van der Waals surface area contributed by atoms with Crippen molar-refractivity contribution in [1.82, 2.24) is 14.9 Å². The lowest BCUT2D eigenvalue weighted by molar-refractivity contribution is 0.0929. The summed E-state index contributed by atoms with van der Waals surface area (Å²) in [6.07, 6.45) is 3.85. The summed E-state index contributed by atoms with van der Waals surface area (Å²) in [5.41, 5.74) is 0.619. The van der Waals surface area contributed by atoms with Crippen LogP contribution in [0.3, 0.4) is 0 Å². The van der Waals surface area contributed by atoms with Crippen LogP contribution in [0.4, 0.5) is 0 Å². The van der Waals surface area contributed by atoms with E-state index in [2.05, 4.69) is 14.9 Å². The van der Waals surface area contributed by atoms with E-state index < -0.39 is 0 Å². The highest BCUT2D eigenvalue weighted by molar-refractivity contribution is 7.08. The molecule has 1 aromatic heterocycles. The smallest absolute Gasteiger partial charge is 0.265 e. The van der Waals surface area contributed by atoms with Crippen molar-refractivity contribution in [3.05, 3.63) is 10.6 Å². The Labute approximate surface area is 123 Å². The highest BCUT2D eigenvalue weighted by Crippen LogP contribution is 2.27. The van der Waals surface area contributed by atoms with E-state index in [4.69, 9.17) is 11.6 Å². The zero-order valence-electron chi connectivity index (χ0n) is 11.6. The summed E-state index contributed by atoms with van der Waals surface area (Å²) < 4.78 is 3.92. The molecule has 6 heteroatoms. The van der Waals surface area contributed by atoms with Crippen LogP contribution in [0.15, 0.2) is 0 Å². The summed E-state index contributed by atoms with van der Waals surface area (Å²) in [5.74, 6) is -0.0436. The minimum absolute atomic E-state index is 0.0436. The third kappa shape index (κ3) is 3.66. The maximum atomic E-state index is 12.3. The van der Waals surface area contributed by atoms with E-state index in [1.807, 2.05) is 20.8 Å². The first-order chi connectivity index (χ1) is 8.88. The lowest BCUT2D eigenvalue weighted by Crippen LogP contribution is -2.38. The number of aromatic nitrogens is 2. The van der Waals surface area contributed by atoms with Crippen molar-refractivity contribution in [2.45, 2.75) is 63.3 Å². The van der Waals surface area contributed by atoms with Gasteiger partial charge in [0.25, 0.3) is 5.91 Å². The Kier molecular flexibility index (Phi) is 4.46. The fourth-order valence-corrected chi connectivity index (χ4v) is 3.31. The van der Waals surface area contributed by atoms with E-state index in [0.717, 1.165) is 31.4 Å². The maximum Gasteiger partial charge on any atom is 0.265 e. The second-order valence-electron chi connectivity index (χ2n) is 6.12. The first-order valence-electron chi connectivity index (χ1n) is 6.65. The van der Waals surface area contributed by atoms with Crippen molar-refractivity contribution < 1.29 is 4.79 Å². The minimum Gasteiger partial charge on any atom is -0.348 e. The SMILES string of the molecule is CC(C)(C)c1nnsc1C(=O)NC1CCC(Cl)CC1. The molecule has 1 heterocycles. The average Bonchev–Trinajstić information content (AvgIpc) is 2.81. The number of carbonyl (C=O) groups excluding carboxylic acids is 1. The lowest BCUT2D eigenvalue weighted by Gasteiger charge is -2.26. The molecule has 1 aliphatic carbocycles. The zero-order chi connectivity index (χ0) is 14.0. The van der Waals surface area contributed by atoms with Crippen LogP contribution in [0, 0.1) is 0 Å². The third-order valence-corrected chi connectivity index (χ3v) is 4.56. The van der Waals surface area contributed by atoms with E-state index >= 15 is 0 Å². The maximum absolute atomic E-state index is 12.3. The second kappa shape index (κ2) is 5.75. The normalized spacial score (nSPS) is 24.2. The van der Waals surface area contributed by atoms with Gasteiger partial charge in [-0.15, -0.1) is 16.7 Å². The number of rotatable bonds is 2. The molecule has 106 valence electrons. The van der Waals surface area contributed by atoms with Crippen molar-refractivity contribution in [1.29, 1.82) is 0 Å². The van der Waals surface area contributed by atoms with E-state index in [0.29, 0.717) is 4.88 Å². The molecule has 0 unspecified atom stereocenters. The van der Waals surface area contributed by atoms with Crippen LogP contribution in [0.25, 0.3) is 0 Å². The predicted molar refractivity (Wildman–Crippen MR) is 78.0 cm³/mol. The Bertz CT molecular complexity index is 447. The van der Waals surface area contributed by atoms with Gasteiger partial charge in [0.2, 0.25) is 0 Å². The van der Waals surface area contributed by atoms with Gasteiger partial charge in [0.05, 0.1) is 5.69 Å². The summed E-state index contributed by atoms with van der Waals surface area (Å²) in [5, 5.41) is 7.45. The van der Waals surface area contributed by atoms with Crippen LogP contribution >= 0.6 is 23.1 Å². The quantitative estimate of drug-likeness (QED) is 0.854. The topological polar surface area (TPSA) is 54.9 Å². The Morgan fingerprint density at radius 1 is 1.32 bits per heavy atom. The summed E-state index contributed by atoms with van der Waals surface area (Å²) in [4.78, 5) is 12.9. The largest absolute Gasteiger partial charge is 0.348 e. The van der Waals surface area contributed by atoms with Gasteiger partial charge in [0, 0.05) is 16.8 Å². The van der Waals surface area contributed by atoms with Crippen molar-refractivity contribution in [2.75, 3.05) is 0 Å². The van der Waals surface area contributed by atoms with Gasteiger partial charge in [0.1, 0.15) is 4.88 Å².